The predicted octanol–water partition coefficient (Wildman–Crippen LogP) is 3.81. The van der Waals surface area contributed by atoms with Crippen molar-refractivity contribution in [2.24, 2.45) is 5.92 Å². The first-order chi connectivity index (χ1) is 16.9. The minimum atomic E-state index is -0.0885. The molecule has 0 aliphatic carbocycles. The number of aromatic amines is 1. The van der Waals surface area contributed by atoms with E-state index in [-0.39, 0.29) is 17.8 Å². The van der Waals surface area contributed by atoms with E-state index in [9.17, 15) is 4.79 Å². The molecule has 5 N–H and O–H groups in total. The summed E-state index contributed by atoms with van der Waals surface area (Å²) in [7, 11) is 0. The summed E-state index contributed by atoms with van der Waals surface area (Å²) in [6, 6.07) is 13.4. The van der Waals surface area contributed by atoms with Crippen molar-refractivity contribution in [1.29, 1.82) is 0 Å². The van der Waals surface area contributed by atoms with Crippen LogP contribution in [0.2, 0.25) is 0 Å². The highest BCUT2D eigenvalue weighted by Crippen LogP contribution is 2.31. The zero-order chi connectivity index (χ0) is 24.5. The molecule has 0 atom stereocenters. The van der Waals surface area contributed by atoms with E-state index in [2.05, 4.69) is 35.8 Å². The Kier molecular flexibility index (Phi) is 5.57. The number of nitrogens with zero attached hydrogens (tertiary/aromatic N) is 6. The first-order valence-electron chi connectivity index (χ1n) is 11.1. The van der Waals surface area contributed by atoms with Gasteiger partial charge in [-0.2, -0.15) is 15.1 Å². The minimum Gasteiger partial charge on any atom is -0.368 e. The van der Waals surface area contributed by atoms with E-state index in [0.717, 1.165) is 16.8 Å². The third-order valence-electron chi connectivity index (χ3n) is 5.36. The number of anilines is 4. The summed E-state index contributed by atoms with van der Waals surface area (Å²) in [6.07, 6.45) is 3.61. The number of H-pyrrole nitrogens is 1. The van der Waals surface area contributed by atoms with Crippen LogP contribution in [0.25, 0.3) is 28.3 Å². The molecule has 0 fully saturated rings. The third-order valence-corrected chi connectivity index (χ3v) is 5.36. The van der Waals surface area contributed by atoms with E-state index in [1.807, 2.05) is 60.8 Å². The number of aryl methyl sites for hydroxylation is 1. The van der Waals surface area contributed by atoms with Gasteiger partial charge in [-0.05, 0) is 42.3 Å². The van der Waals surface area contributed by atoms with Crippen LogP contribution in [0.4, 0.5) is 23.3 Å². The molecule has 11 heteroatoms. The van der Waals surface area contributed by atoms with Gasteiger partial charge in [-0.25, -0.2) is 9.97 Å². The second-order valence-electron chi connectivity index (χ2n) is 8.34. The fourth-order valence-corrected chi connectivity index (χ4v) is 3.61. The molecule has 0 spiro atoms. The van der Waals surface area contributed by atoms with Gasteiger partial charge in [0.1, 0.15) is 23.0 Å². The largest absolute Gasteiger partial charge is 0.368 e. The number of nitrogens with two attached hydrogens (primary N) is 1. The average Bonchev–Trinajstić information content (AvgIpc) is 3.46. The molecule has 4 aromatic heterocycles. The number of pyridine rings is 1. The SMILES string of the molecule is Cc1nc(N)nc(-c2c(Nc3ccn[nH]3)nc3ccc(-c4ccc(NC(=O)C(C)C)cc4)cn23)n1. The molecule has 1 aromatic carbocycles. The van der Waals surface area contributed by atoms with Crippen molar-refractivity contribution in [3.05, 3.63) is 60.7 Å². The fourth-order valence-electron chi connectivity index (χ4n) is 3.61. The number of hydrogen-bond acceptors (Lipinski definition) is 8. The van der Waals surface area contributed by atoms with E-state index >= 15 is 0 Å². The van der Waals surface area contributed by atoms with Gasteiger partial charge in [0.2, 0.25) is 11.9 Å². The number of carbonyl (C=O) groups excluding carboxylic acids is 1. The van der Waals surface area contributed by atoms with Crippen LogP contribution in [0.1, 0.15) is 19.7 Å². The molecule has 0 bridgehead atoms. The fraction of sp³-hybridized carbons (Fsp3) is 0.167. The Morgan fingerprint density at radius 1 is 1.00 bits per heavy atom. The number of carbonyl (C=O) groups is 1. The maximum absolute atomic E-state index is 12.0. The molecular formula is C24H24N10O. The molecule has 11 nitrogen and oxygen atoms in total. The molecule has 5 aromatic rings. The van der Waals surface area contributed by atoms with Crippen molar-refractivity contribution in [2.75, 3.05) is 16.4 Å². The third kappa shape index (κ3) is 4.51. The van der Waals surface area contributed by atoms with E-state index in [0.29, 0.717) is 34.6 Å². The molecule has 0 aliphatic heterocycles. The number of benzene rings is 1. The second kappa shape index (κ2) is 8.86. The molecule has 35 heavy (non-hydrogen) atoms. The summed E-state index contributed by atoms with van der Waals surface area (Å²) in [5.74, 6) is 2.14. The highest BCUT2D eigenvalue weighted by Gasteiger charge is 2.19. The van der Waals surface area contributed by atoms with Gasteiger partial charge in [-0.1, -0.05) is 26.0 Å². The molecule has 4 heterocycles. The lowest BCUT2D eigenvalue weighted by atomic mass is 10.1. The van der Waals surface area contributed by atoms with Crippen LogP contribution in [0, 0.1) is 12.8 Å². The highest BCUT2D eigenvalue weighted by molar-refractivity contribution is 5.92. The van der Waals surface area contributed by atoms with Crippen molar-refractivity contribution in [3.8, 4) is 22.6 Å². The summed E-state index contributed by atoms with van der Waals surface area (Å²) in [5.41, 5.74) is 9.93. The average molecular weight is 469 g/mol. The lowest BCUT2D eigenvalue weighted by Gasteiger charge is -2.10. The zero-order valence-electron chi connectivity index (χ0n) is 19.4. The van der Waals surface area contributed by atoms with Gasteiger partial charge in [-0.3, -0.25) is 14.3 Å². The normalized spacial score (nSPS) is 11.2. The standard InChI is InChI=1S/C24H24N10O/c1-13(2)23(35)29-17-7-4-15(5-8-17)16-6-9-19-31-22(30-18-10-11-26-33-18)20(34(19)12-16)21-27-14(3)28-24(25)32-21/h4-13H,1-3H3,(H,29,35)(H2,26,30,33)(H2,25,27,28,32). The van der Waals surface area contributed by atoms with Crippen molar-refractivity contribution in [3.63, 3.8) is 0 Å². The van der Waals surface area contributed by atoms with Crippen molar-refractivity contribution in [1.82, 2.24) is 34.5 Å². The van der Waals surface area contributed by atoms with Crippen molar-refractivity contribution in [2.45, 2.75) is 20.8 Å². The van der Waals surface area contributed by atoms with Gasteiger partial charge in [0.15, 0.2) is 11.6 Å². The minimum absolute atomic E-state index is 0.0218. The van der Waals surface area contributed by atoms with E-state index in [4.69, 9.17) is 10.7 Å². The number of amides is 1. The lowest BCUT2D eigenvalue weighted by molar-refractivity contribution is -0.118. The van der Waals surface area contributed by atoms with Crippen LogP contribution in [-0.2, 0) is 4.79 Å². The van der Waals surface area contributed by atoms with Gasteiger partial charge < -0.3 is 16.4 Å². The Hall–Kier alpha value is -4.80. The van der Waals surface area contributed by atoms with Gasteiger partial charge in [0.05, 0.1) is 6.20 Å². The van der Waals surface area contributed by atoms with Gasteiger partial charge in [0, 0.05) is 23.9 Å². The van der Waals surface area contributed by atoms with Crippen LogP contribution in [0.15, 0.2) is 54.9 Å². The van der Waals surface area contributed by atoms with E-state index in [1.165, 1.54) is 0 Å². The smallest absolute Gasteiger partial charge is 0.226 e. The molecule has 0 saturated heterocycles. The summed E-state index contributed by atoms with van der Waals surface area (Å²) in [4.78, 5) is 29.7. The molecular weight excluding hydrogens is 444 g/mol. The van der Waals surface area contributed by atoms with Gasteiger partial charge >= 0.3 is 0 Å². The van der Waals surface area contributed by atoms with E-state index in [1.54, 1.807) is 19.2 Å². The van der Waals surface area contributed by atoms with Crippen LogP contribution in [-0.4, -0.2) is 40.4 Å². The van der Waals surface area contributed by atoms with Crippen LogP contribution in [0.5, 0.6) is 0 Å². The maximum Gasteiger partial charge on any atom is 0.226 e. The molecule has 0 unspecified atom stereocenters. The number of nitrogens with one attached hydrogen (secondary N) is 3. The maximum atomic E-state index is 12.0. The Labute approximate surface area is 200 Å². The summed E-state index contributed by atoms with van der Waals surface area (Å²) < 4.78 is 1.91. The number of rotatable bonds is 6. The zero-order valence-corrected chi connectivity index (χ0v) is 19.4. The topological polar surface area (TPSA) is 152 Å². The van der Waals surface area contributed by atoms with Crippen molar-refractivity contribution < 1.29 is 4.79 Å². The monoisotopic (exact) mass is 468 g/mol. The first kappa shape index (κ1) is 22.0. The summed E-state index contributed by atoms with van der Waals surface area (Å²) >= 11 is 0. The number of nitrogen functional groups attached to an aromatic ring is 1. The quantitative estimate of drug-likeness (QED) is 0.294. The number of fused-ring (bicyclic) bond motifs is 1. The predicted molar refractivity (Wildman–Crippen MR) is 134 cm³/mol. The lowest BCUT2D eigenvalue weighted by Crippen LogP contribution is -2.17. The van der Waals surface area contributed by atoms with E-state index < -0.39 is 0 Å². The Morgan fingerprint density at radius 3 is 2.46 bits per heavy atom. The first-order valence-corrected chi connectivity index (χ1v) is 11.1. The van der Waals surface area contributed by atoms with Crippen LogP contribution < -0.4 is 16.4 Å². The Bertz CT molecular complexity index is 1480. The van der Waals surface area contributed by atoms with Crippen LogP contribution in [0.3, 0.4) is 0 Å². The molecule has 0 saturated carbocycles. The van der Waals surface area contributed by atoms with Gasteiger partial charge in [-0.15, -0.1) is 0 Å². The highest BCUT2D eigenvalue weighted by atomic mass is 16.1. The molecule has 176 valence electrons. The molecule has 1 amide bonds. The van der Waals surface area contributed by atoms with Gasteiger partial charge in [0.25, 0.3) is 0 Å². The second-order valence-corrected chi connectivity index (χ2v) is 8.34. The molecule has 0 aliphatic rings. The summed E-state index contributed by atoms with van der Waals surface area (Å²) in [6.45, 7) is 5.48. The number of aromatic nitrogens is 7. The summed E-state index contributed by atoms with van der Waals surface area (Å²) in [5, 5.41) is 13.0. The number of imidazole rings is 1. The van der Waals surface area contributed by atoms with Crippen molar-refractivity contribution >= 4 is 34.8 Å². The Morgan fingerprint density at radius 2 is 1.77 bits per heavy atom. The number of hydrogen-bond donors (Lipinski definition) is 4. The molecule has 0 radical (unpaired) electrons. The Balaban J connectivity index is 1.59. The van der Waals surface area contributed by atoms with Crippen LogP contribution >= 0.6 is 0 Å². The molecule has 5 rings (SSSR count).